The van der Waals surface area contributed by atoms with Crippen LogP contribution in [0.3, 0.4) is 0 Å². The Kier molecular flexibility index (Phi) is 4.45. The summed E-state index contributed by atoms with van der Waals surface area (Å²) in [4.78, 5) is 24.4. The number of rotatable bonds is 3. The third-order valence-corrected chi connectivity index (χ3v) is 4.26. The van der Waals surface area contributed by atoms with Crippen molar-refractivity contribution in [3.05, 3.63) is 76.9 Å². The number of allylic oxidation sites excluding steroid dienone is 1. The summed E-state index contributed by atoms with van der Waals surface area (Å²) in [5, 5.41) is 3.45. The topological polar surface area (TPSA) is 55.4 Å². The van der Waals surface area contributed by atoms with Gasteiger partial charge in [-0.25, -0.2) is 4.79 Å². The molecule has 0 radical (unpaired) electrons. The maximum Gasteiger partial charge on any atom is 0.337 e. The zero-order chi connectivity index (χ0) is 18.0. The first-order chi connectivity index (χ1) is 11.9. The van der Waals surface area contributed by atoms with E-state index in [0.717, 1.165) is 17.7 Å². The summed E-state index contributed by atoms with van der Waals surface area (Å²) in [5.41, 5.74) is 3.75. The summed E-state index contributed by atoms with van der Waals surface area (Å²) in [5.74, 6) is -0.606. The molecule has 2 aromatic rings. The molecule has 0 spiro atoms. The highest BCUT2D eigenvalue weighted by atomic mass is 16.5. The summed E-state index contributed by atoms with van der Waals surface area (Å²) in [7, 11) is 1.32. The third kappa shape index (κ3) is 3.63. The zero-order valence-corrected chi connectivity index (χ0v) is 14.6. The Morgan fingerprint density at radius 2 is 1.80 bits per heavy atom. The Morgan fingerprint density at radius 3 is 2.56 bits per heavy atom. The van der Waals surface area contributed by atoms with Crippen LogP contribution in [-0.4, -0.2) is 24.4 Å². The molecular formula is C21H21NO3. The minimum atomic E-state index is -0.454. The van der Waals surface area contributed by atoms with E-state index in [1.54, 1.807) is 30.3 Å². The standard InChI is InChI=1S/C21H21NO3/c1-21(2)13-16-7-4-5-10-17(16)18(22-21)12-19(23)14-8-6-9-15(11-14)20(24)25-3/h4-12,22H,13H2,1-3H3/b18-12-. The molecule has 0 saturated heterocycles. The van der Waals surface area contributed by atoms with Crippen molar-refractivity contribution in [3.8, 4) is 0 Å². The number of fused-ring (bicyclic) bond motifs is 1. The summed E-state index contributed by atoms with van der Waals surface area (Å²) >= 11 is 0. The van der Waals surface area contributed by atoms with E-state index < -0.39 is 5.97 Å². The molecule has 0 atom stereocenters. The van der Waals surface area contributed by atoms with E-state index >= 15 is 0 Å². The molecule has 0 aromatic heterocycles. The van der Waals surface area contributed by atoms with E-state index in [2.05, 4.69) is 25.2 Å². The lowest BCUT2D eigenvalue weighted by atomic mass is 9.85. The third-order valence-electron chi connectivity index (χ3n) is 4.26. The Balaban J connectivity index is 1.98. The van der Waals surface area contributed by atoms with Gasteiger partial charge in [0.1, 0.15) is 0 Å². The molecule has 2 aromatic carbocycles. The average Bonchev–Trinajstić information content (AvgIpc) is 2.60. The molecule has 128 valence electrons. The Morgan fingerprint density at radius 1 is 1.08 bits per heavy atom. The van der Waals surface area contributed by atoms with Crippen LogP contribution in [0.4, 0.5) is 0 Å². The summed E-state index contributed by atoms with van der Waals surface area (Å²) in [6, 6.07) is 14.7. The largest absolute Gasteiger partial charge is 0.465 e. The van der Waals surface area contributed by atoms with Gasteiger partial charge in [0, 0.05) is 28.4 Å². The second-order valence-electron chi connectivity index (χ2n) is 6.84. The van der Waals surface area contributed by atoms with E-state index in [0.29, 0.717) is 11.1 Å². The van der Waals surface area contributed by atoms with E-state index in [9.17, 15) is 9.59 Å². The van der Waals surface area contributed by atoms with Crippen LogP contribution in [0.5, 0.6) is 0 Å². The lowest BCUT2D eigenvalue weighted by Gasteiger charge is -2.35. The predicted octanol–water partition coefficient (Wildman–Crippen LogP) is 3.62. The minimum absolute atomic E-state index is 0.131. The van der Waals surface area contributed by atoms with Gasteiger partial charge in [-0.1, -0.05) is 36.4 Å². The van der Waals surface area contributed by atoms with Crippen LogP contribution in [-0.2, 0) is 11.2 Å². The molecule has 1 heterocycles. The molecule has 0 aliphatic carbocycles. The summed E-state index contributed by atoms with van der Waals surface area (Å²) < 4.78 is 4.72. The number of carbonyl (C=O) groups is 2. The lowest BCUT2D eigenvalue weighted by molar-refractivity contribution is 0.0600. The average molecular weight is 335 g/mol. The monoisotopic (exact) mass is 335 g/mol. The van der Waals surface area contributed by atoms with Crippen molar-refractivity contribution in [1.82, 2.24) is 5.32 Å². The molecule has 1 aliphatic heterocycles. The number of hydrogen-bond donors (Lipinski definition) is 1. The number of methoxy groups -OCH3 is 1. The highest BCUT2D eigenvalue weighted by Crippen LogP contribution is 2.29. The van der Waals surface area contributed by atoms with Crippen molar-refractivity contribution >= 4 is 17.4 Å². The molecule has 4 nitrogen and oxygen atoms in total. The number of carbonyl (C=O) groups excluding carboxylic acids is 2. The number of ketones is 1. The quantitative estimate of drug-likeness (QED) is 0.529. The van der Waals surface area contributed by atoms with Crippen molar-refractivity contribution in [2.45, 2.75) is 25.8 Å². The molecule has 1 N–H and O–H groups in total. The van der Waals surface area contributed by atoms with Gasteiger partial charge in [0.2, 0.25) is 0 Å². The number of hydrogen-bond acceptors (Lipinski definition) is 4. The number of ether oxygens (including phenoxy) is 1. The molecule has 4 heteroatoms. The van der Waals surface area contributed by atoms with Gasteiger partial charge in [-0.2, -0.15) is 0 Å². The van der Waals surface area contributed by atoms with Crippen molar-refractivity contribution < 1.29 is 14.3 Å². The Bertz CT molecular complexity index is 865. The molecule has 3 rings (SSSR count). The highest BCUT2D eigenvalue weighted by molar-refractivity contribution is 6.09. The summed E-state index contributed by atoms with van der Waals surface area (Å²) in [6.45, 7) is 4.22. The van der Waals surface area contributed by atoms with Crippen LogP contribution >= 0.6 is 0 Å². The van der Waals surface area contributed by atoms with Gasteiger partial charge < -0.3 is 10.1 Å². The molecular weight excluding hydrogens is 314 g/mol. The predicted molar refractivity (Wildman–Crippen MR) is 97.4 cm³/mol. The maximum atomic E-state index is 12.7. The van der Waals surface area contributed by atoms with Crippen molar-refractivity contribution in [2.75, 3.05) is 7.11 Å². The molecule has 0 saturated carbocycles. The van der Waals surface area contributed by atoms with Gasteiger partial charge in [0.25, 0.3) is 0 Å². The number of esters is 1. The van der Waals surface area contributed by atoms with Crippen LogP contribution < -0.4 is 5.32 Å². The number of benzene rings is 2. The fourth-order valence-corrected chi connectivity index (χ4v) is 3.13. The first kappa shape index (κ1) is 17.0. The summed E-state index contributed by atoms with van der Waals surface area (Å²) in [6.07, 6.45) is 2.50. The van der Waals surface area contributed by atoms with E-state index in [1.165, 1.54) is 12.7 Å². The van der Waals surface area contributed by atoms with E-state index in [1.807, 2.05) is 18.2 Å². The van der Waals surface area contributed by atoms with Crippen LogP contribution in [0.2, 0.25) is 0 Å². The number of nitrogens with one attached hydrogen (secondary N) is 1. The SMILES string of the molecule is COC(=O)c1cccc(C(=O)/C=C2\NC(C)(C)Cc3ccccc32)c1. The van der Waals surface area contributed by atoms with Crippen molar-refractivity contribution in [1.29, 1.82) is 0 Å². The molecule has 0 unspecified atom stereocenters. The lowest BCUT2D eigenvalue weighted by Crippen LogP contribution is -2.43. The fourth-order valence-electron chi connectivity index (χ4n) is 3.13. The van der Waals surface area contributed by atoms with Gasteiger partial charge in [0.05, 0.1) is 12.7 Å². The molecule has 0 bridgehead atoms. The molecule has 0 fully saturated rings. The molecule has 25 heavy (non-hydrogen) atoms. The molecule has 0 amide bonds. The van der Waals surface area contributed by atoms with Gasteiger partial charge in [-0.05, 0) is 38.0 Å². The van der Waals surface area contributed by atoms with Gasteiger partial charge in [-0.3, -0.25) is 4.79 Å². The van der Waals surface area contributed by atoms with E-state index in [-0.39, 0.29) is 11.3 Å². The van der Waals surface area contributed by atoms with Crippen molar-refractivity contribution in [2.24, 2.45) is 0 Å². The van der Waals surface area contributed by atoms with Crippen LogP contribution in [0.25, 0.3) is 5.70 Å². The van der Waals surface area contributed by atoms with Gasteiger partial charge in [-0.15, -0.1) is 0 Å². The maximum absolute atomic E-state index is 12.7. The van der Waals surface area contributed by atoms with Crippen molar-refractivity contribution in [3.63, 3.8) is 0 Å². The Labute approximate surface area is 147 Å². The molecule has 1 aliphatic rings. The first-order valence-corrected chi connectivity index (χ1v) is 8.20. The van der Waals surface area contributed by atoms with Crippen LogP contribution in [0, 0.1) is 0 Å². The Hall–Kier alpha value is -2.88. The van der Waals surface area contributed by atoms with Gasteiger partial charge in [0.15, 0.2) is 5.78 Å². The smallest absolute Gasteiger partial charge is 0.337 e. The first-order valence-electron chi connectivity index (χ1n) is 8.20. The second kappa shape index (κ2) is 6.55. The highest BCUT2D eigenvalue weighted by Gasteiger charge is 2.27. The minimum Gasteiger partial charge on any atom is -0.465 e. The zero-order valence-electron chi connectivity index (χ0n) is 14.6. The van der Waals surface area contributed by atoms with Crippen LogP contribution in [0.15, 0.2) is 54.6 Å². The fraction of sp³-hybridized carbons (Fsp3) is 0.238. The van der Waals surface area contributed by atoms with Crippen LogP contribution in [0.1, 0.15) is 45.7 Å². The van der Waals surface area contributed by atoms with Gasteiger partial charge >= 0.3 is 5.97 Å². The van der Waals surface area contributed by atoms with E-state index in [4.69, 9.17) is 4.74 Å². The normalized spacial score (nSPS) is 16.7. The second-order valence-corrected chi connectivity index (χ2v) is 6.84.